The van der Waals surface area contributed by atoms with Gasteiger partial charge in [0.05, 0.1) is 11.7 Å². The van der Waals surface area contributed by atoms with Crippen molar-refractivity contribution in [3.05, 3.63) is 27.1 Å². The van der Waals surface area contributed by atoms with Gasteiger partial charge in [-0.2, -0.15) is 0 Å². The summed E-state index contributed by atoms with van der Waals surface area (Å²) in [5.41, 5.74) is 1.36. The van der Waals surface area contributed by atoms with E-state index in [1.807, 2.05) is 9.47 Å². The Labute approximate surface area is 168 Å². The van der Waals surface area contributed by atoms with Crippen LogP contribution in [0.15, 0.2) is 11.1 Å². The molecule has 1 aliphatic carbocycles. The number of amides is 1. The Bertz CT molecular complexity index is 952. The number of ether oxygens (including phenoxy) is 1. The van der Waals surface area contributed by atoms with Crippen molar-refractivity contribution in [1.29, 1.82) is 0 Å². The molecule has 3 aliphatic rings. The molecule has 0 spiro atoms. The highest BCUT2D eigenvalue weighted by molar-refractivity contribution is 7.18. The van der Waals surface area contributed by atoms with Crippen LogP contribution in [0.1, 0.15) is 55.5 Å². The molecule has 0 aromatic carbocycles. The van der Waals surface area contributed by atoms with Gasteiger partial charge in [-0.3, -0.25) is 14.2 Å². The van der Waals surface area contributed by atoms with E-state index in [0.717, 1.165) is 55.2 Å². The number of carbonyl (C=O) groups is 1. The van der Waals surface area contributed by atoms with Crippen molar-refractivity contribution in [2.45, 2.75) is 64.0 Å². The van der Waals surface area contributed by atoms with Crippen LogP contribution in [0.25, 0.3) is 10.2 Å². The molecule has 2 fully saturated rings. The summed E-state index contributed by atoms with van der Waals surface area (Å²) in [6.45, 7) is 4.35. The molecule has 0 saturated carbocycles. The van der Waals surface area contributed by atoms with Crippen LogP contribution < -0.4 is 5.56 Å². The Morgan fingerprint density at radius 1 is 1.25 bits per heavy atom. The molecule has 0 bridgehead atoms. The molecule has 0 radical (unpaired) electrons. The SMILES string of the molecule is C[C@@H]1CCc2c(sc3ncn(C4CCN(C(=O)[C@H]5CCCO5)CC4)c(=O)c23)C1. The largest absolute Gasteiger partial charge is 0.368 e. The first-order chi connectivity index (χ1) is 13.6. The first-order valence-corrected chi connectivity index (χ1v) is 11.3. The third kappa shape index (κ3) is 3.08. The summed E-state index contributed by atoms with van der Waals surface area (Å²) in [5.74, 6) is 0.811. The summed E-state index contributed by atoms with van der Waals surface area (Å²) in [6, 6.07) is 0.121. The molecule has 7 heteroatoms. The molecule has 2 atom stereocenters. The van der Waals surface area contributed by atoms with E-state index in [4.69, 9.17) is 4.74 Å². The minimum atomic E-state index is -0.253. The highest BCUT2D eigenvalue weighted by Crippen LogP contribution is 2.36. The van der Waals surface area contributed by atoms with Crippen LogP contribution in [0.4, 0.5) is 0 Å². The molecule has 2 aliphatic heterocycles. The number of hydrogen-bond donors (Lipinski definition) is 0. The van der Waals surface area contributed by atoms with Crippen molar-refractivity contribution in [1.82, 2.24) is 14.5 Å². The zero-order valence-corrected chi connectivity index (χ0v) is 17.2. The smallest absolute Gasteiger partial charge is 0.262 e. The zero-order valence-electron chi connectivity index (χ0n) is 16.4. The third-order valence-electron chi connectivity index (χ3n) is 6.62. The topological polar surface area (TPSA) is 64.4 Å². The standard InChI is InChI=1S/C21H27N3O3S/c1-13-4-5-15-17(11-13)28-19-18(15)21(26)24(12-22-19)14-6-8-23(9-7-14)20(25)16-3-2-10-27-16/h12-14,16H,2-11H2,1H3/t13-,16-/m1/s1. The van der Waals surface area contributed by atoms with Gasteiger partial charge in [0.15, 0.2) is 0 Å². The first kappa shape index (κ1) is 18.3. The van der Waals surface area contributed by atoms with Crippen LogP contribution >= 0.6 is 11.3 Å². The van der Waals surface area contributed by atoms with E-state index in [1.54, 1.807) is 17.7 Å². The molecule has 0 unspecified atom stereocenters. The molecular weight excluding hydrogens is 374 g/mol. The van der Waals surface area contributed by atoms with Gasteiger partial charge in [-0.25, -0.2) is 4.98 Å². The summed E-state index contributed by atoms with van der Waals surface area (Å²) in [7, 11) is 0. The van der Waals surface area contributed by atoms with Crippen molar-refractivity contribution in [2.24, 2.45) is 5.92 Å². The first-order valence-electron chi connectivity index (χ1n) is 10.5. The fraction of sp³-hybridized carbons (Fsp3) is 0.667. The summed E-state index contributed by atoms with van der Waals surface area (Å²) in [5, 5.41) is 0.854. The number of hydrogen-bond acceptors (Lipinski definition) is 5. The molecule has 5 rings (SSSR count). The lowest BCUT2D eigenvalue weighted by molar-refractivity contribution is -0.142. The molecule has 1 amide bonds. The predicted molar refractivity (Wildman–Crippen MR) is 109 cm³/mol. The second kappa shape index (κ2) is 7.26. The van der Waals surface area contributed by atoms with Crippen LogP contribution in [-0.2, 0) is 22.4 Å². The number of thiophene rings is 1. The van der Waals surface area contributed by atoms with Crippen LogP contribution in [0, 0.1) is 5.92 Å². The van der Waals surface area contributed by atoms with Gasteiger partial charge in [0.25, 0.3) is 11.5 Å². The number of aromatic nitrogens is 2. The van der Waals surface area contributed by atoms with E-state index in [2.05, 4.69) is 11.9 Å². The molecular formula is C21H27N3O3S. The van der Waals surface area contributed by atoms with Gasteiger partial charge in [0, 0.05) is 30.6 Å². The van der Waals surface area contributed by atoms with E-state index in [-0.39, 0.29) is 23.6 Å². The van der Waals surface area contributed by atoms with Crippen LogP contribution in [0.3, 0.4) is 0 Å². The summed E-state index contributed by atoms with van der Waals surface area (Å²) in [4.78, 5) is 34.7. The fourth-order valence-electron chi connectivity index (χ4n) is 4.94. The summed E-state index contributed by atoms with van der Waals surface area (Å²) in [6.07, 6.45) is 8.10. The molecule has 2 aromatic heterocycles. The Morgan fingerprint density at radius 3 is 2.82 bits per heavy atom. The Balaban J connectivity index is 1.36. The van der Waals surface area contributed by atoms with Gasteiger partial charge in [-0.05, 0) is 56.4 Å². The summed E-state index contributed by atoms with van der Waals surface area (Å²) >= 11 is 1.70. The number of nitrogens with zero attached hydrogens (tertiary/aromatic N) is 3. The van der Waals surface area contributed by atoms with Crippen molar-refractivity contribution in [3.8, 4) is 0 Å². The number of aryl methyl sites for hydroxylation is 1. The maximum absolute atomic E-state index is 13.3. The number of carbonyl (C=O) groups excluding carboxylic acids is 1. The highest BCUT2D eigenvalue weighted by atomic mass is 32.1. The lowest BCUT2D eigenvalue weighted by atomic mass is 9.89. The Morgan fingerprint density at radius 2 is 2.07 bits per heavy atom. The van der Waals surface area contributed by atoms with Crippen molar-refractivity contribution in [2.75, 3.05) is 19.7 Å². The lowest BCUT2D eigenvalue weighted by Crippen LogP contribution is -2.45. The highest BCUT2D eigenvalue weighted by Gasteiger charge is 2.32. The normalized spacial score (nSPS) is 26.0. The number of rotatable bonds is 2. The van der Waals surface area contributed by atoms with Gasteiger partial charge < -0.3 is 9.64 Å². The van der Waals surface area contributed by atoms with Gasteiger partial charge in [-0.15, -0.1) is 11.3 Å². The second-order valence-electron chi connectivity index (χ2n) is 8.55. The molecule has 4 heterocycles. The van der Waals surface area contributed by atoms with Gasteiger partial charge in [-0.1, -0.05) is 6.92 Å². The quantitative estimate of drug-likeness (QED) is 0.776. The minimum Gasteiger partial charge on any atom is -0.368 e. The molecule has 6 nitrogen and oxygen atoms in total. The van der Waals surface area contributed by atoms with Crippen LogP contribution in [0.5, 0.6) is 0 Å². The lowest BCUT2D eigenvalue weighted by Gasteiger charge is -2.34. The maximum atomic E-state index is 13.3. The fourth-order valence-corrected chi connectivity index (χ4v) is 6.29. The summed E-state index contributed by atoms with van der Waals surface area (Å²) < 4.78 is 7.38. The molecule has 28 heavy (non-hydrogen) atoms. The third-order valence-corrected chi connectivity index (χ3v) is 7.78. The second-order valence-corrected chi connectivity index (χ2v) is 9.63. The van der Waals surface area contributed by atoms with E-state index in [0.29, 0.717) is 25.6 Å². The van der Waals surface area contributed by atoms with E-state index >= 15 is 0 Å². The van der Waals surface area contributed by atoms with Crippen molar-refractivity contribution >= 4 is 27.5 Å². The average Bonchev–Trinajstić information content (AvgIpc) is 3.35. The van der Waals surface area contributed by atoms with Crippen molar-refractivity contribution in [3.63, 3.8) is 0 Å². The van der Waals surface area contributed by atoms with Gasteiger partial charge in [0.1, 0.15) is 10.9 Å². The van der Waals surface area contributed by atoms with Crippen LogP contribution in [0.2, 0.25) is 0 Å². The monoisotopic (exact) mass is 401 g/mol. The van der Waals surface area contributed by atoms with Crippen molar-refractivity contribution < 1.29 is 9.53 Å². The predicted octanol–water partition coefficient (Wildman–Crippen LogP) is 2.93. The number of likely N-dealkylation sites (tertiary alicyclic amines) is 1. The molecule has 0 N–H and O–H groups in total. The average molecular weight is 402 g/mol. The minimum absolute atomic E-state index is 0.112. The van der Waals surface area contributed by atoms with E-state index < -0.39 is 0 Å². The Kier molecular flexibility index (Phi) is 4.75. The molecule has 150 valence electrons. The van der Waals surface area contributed by atoms with Crippen LogP contribution in [-0.4, -0.2) is 46.2 Å². The number of piperidine rings is 1. The Hall–Kier alpha value is -1.73. The maximum Gasteiger partial charge on any atom is 0.262 e. The number of fused-ring (bicyclic) bond motifs is 3. The van der Waals surface area contributed by atoms with E-state index in [1.165, 1.54) is 10.4 Å². The van der Waals surface area contributed by atoms with E-state index in [9.17, 15) is 9.59 Å². The zero-order chi connectivity index (χ0) is 19.3. The van der Waals surface area contributed by atoms with Gasteiger partial charge in [0.2, 0.25) is 0 Å². The van der Waals surface area contributed by atoms with Gasteiger partial charge >= 0.3 is 0 Å². The molecule has 2 saturated heterocycles. The molecule has 2 aromatic rings.